The molecule has 13 nitrogen and oxygen atoms in total. The van der Waals surface area contributed by atoms with Gasteiger partial charge in [0.25, 0.3) is 0 Å². The van der Waals surface area contributed by atoms with Crippen molar-refractivity contribution in [2.45, 2.75) is 119 Å². The number of ether oxygens (including phenoxy) is 4. The summed E-state index contributed by atoms with van der Waals surface area (Å²) in [6.45, 7) is 5.68. The zero-order valence-electron chi connectivity index (χ0n) is 21.5. The van der Waals surface area contributed by atoms with E-state index in [0.717, 1.165) is 0 Å². The molecule has 2 aliphatic heterocycles. The second kappa shape index (κ2) is 11.4. The Balaban J connectivity index is 1.68. The van der Waals surface area contributed by atoms with E-state index in [-0.39, 0.29) is 19.4 Å². The van der Waals surface area contributed by atoms with E-state index in [4.69, 9.17) is 18.9 Å². The van der Waals surface area contributed by atoms with E-state index in [9.17, 15) is 46.0 Å². The Kier molecular flexibility index (Phi) is 9.45. The lowest BCUT2D eigenvalue weighted by molar-refractivity contribution is -0.337. The molecule has 0 bridgehead atoms. The predicted octanol–water partition coefficient (Wildman–Crippen LogP) is -3.13. The molecule has 0 aromatic rings. The average molecular weight is 539 g/mol. The van der Waals surface area contributed by atoms with Gasteiger partial charge in [0, 0.05) is 11.8 Å². The summed E-state index contributed by atoms with van der Waals surface area (Å²) in [6.07, 6.45) is -12.0. The molecule has 0 spiro atoms. The molecular weight excluding hydrogens is 496 g/mol. The quantitative estimate of drug-likeness (QED) is 0.147. The molecule has 1 aliphatic carbocycles. The molecule has 216 valence electrons. The van der Waals surface area contributed by atoms with E-state index in [1.54, 1.807) is 13.8 Å². The van der Waals surface area contributed by atoms with Crippen molar-refractivity contribution in [3.63, 3.8) is 0 Å². The fraction of sp³-hybridized carbons (Fsp3) is 0.917. The van der Waals surface area contributed by atoms with E-state index in [1.807, 2.05) is 0 Å². The van der Waals surface area contributed by atoms with Gasteiger partial charge in [-0.3, -0.25) is 0 Å². The van der Waals surface area contributed by atoms with Crippen LogP contribution in [0.2, 0.25) is 0 Å². The van der Waals surface area contributed by atoms with Crippen LogP contribution in [0.4, 0.5) is 0 Å². The van der Waals surface area contributed by atoms with Crippen LogP contribution in [0.25, 0.3) is 0 Å². The zero-order valence-corrected chi connectivity index (χ0v) is 21.5. The van der Waals surface area contributed by atoms with Crippen LogP contribution in [-0.4, -0.2) is 138 Å². The molecule has 13 heteroatoms. The van der Waals surface area contributed by atoms with E-state index in [1.165, 1.54) is 26.0 Å². The molecule has 3 aliphatic rings. The van der Waals surface area contributed by atoms with Gasteiger partial charge in [-0.2, -0.15) is 0 Å². The molecule has 0 radical (unpaired) electrons. The van der Waals surface area contributed by atoms with Crippen molar-refractivity contribution in [2.24, 2.45) is 5.41 Å². The predicted molar refractivity (Wildman–Crippen MR) is 125 cm³/mol. The first-order chi connectivity index (χ1) is 17.0. The molecule has 13 atom stereocenters. The van der Waals surface area contributed by atoms with Gasteiger partial charge in [0.05, 0.1) is 31.0 Å². The van der Waals surface area contributed by atoms with E-state index in [0.29, 0.717) is 0 Å². The van der Waals surface area contributed by atoms with Crippen LogP contribution in [0.3, 0.4) is 0 Å². The molecule has 3 rings (SSSR count). The van der Waals surface area contributed by atoms with Crippen LogP contribution in [0.1, 0.15) is 40.5 Å². The summed E-state index contributed by atoms with van der Waals surface area (Å²) in [4.78, 5) is 0. The first-order valence-electron chi connectivity index (χ1n) is 12.5. The van der Waals surface area contributed by atoms with Gasteiger partial charge in [-0.05, 0) is 20.3 Å². The smallest absolute Gasteiger partial charge is 0.186 e. The number of aliphatic hydroxyl groups excluding tert-OH is 7. The fourth-order valence-corrected chi connectivity index (χ4v) is 5.38. The minimum atomic E-state index is -1.71. The van der Waals surface area contributed by atoms with Crippen LogP contribution >= 0.6 is 0 Å². The van der Waals surface area contributed by atoms with Crippen LogP contribution in [0, 0.1) is 5.41 Å². The minimum Gasteiger partial charge on any atom is -0.389 e. The van der Waals surface area contributed by atoms with Gasteiger partial charge in [0.1, 0.15) is 48.3 Å². The topological polar surface area (TPSA) is 219 Å². The highest BCUT2D eigenvalue weighted by Gasteiger charge is 2.60. The van der Waals surface area contributed by atoms with Crippen LogP contribution in [-0.2, 0) is 18.9 Å². The lowest BCUT2D eigenvalue weighted by atomic mass is 9.57. The Labute approximate surface area is 215 Å². The van der Waals surface area contributed by atoms with Gasteiger partial charge in [-0.15, -0.1) is 0 Å². The first-order valence-corrected chi connectivity index (χ1v) is 12.5. The summed E-state index contributed by atoms with van der Waals surface area (Å²) in [5.41, 5.74) is -4.37. The summed E-state index contributed by atoms with van der Waals surface area (Å²) in [5.74, 6) is 0. The van der Waals surface area contributed by atoms with Gasteiger partial charge in [0.2, 0.25) is 0 Å². The molecule has 0 aromatic carbocycles. The summed E-state index contributed by atoms with van der Waals surface area (Å²) in [7, 11) is 0. The number of hydrogen-bond donors (Lipinski definition) is 9. The maximum Gasteiger partial charge on any atom is 0.186 e. The van der Waals surface area contributed by atoms with E-state index >= 15 is 0 Å². The van der Waals surface area contributed by atoms with Gasteiger partial charge in [-0.25, -0.2) is 0 Å². The Hall–Kier alpha value is -0.780. The third-order valence-corrected chi connectivity index (χ3v) is 7.71. The Morgan fingerprint density at radius 2 is 1.51 bits per heavy atom. The zero-order chi connectivity index (χ0) is 27.9. The molecule has 0 amide bonds. The third kappa shape index (κ3) is 6.19. The van der Waals surface area contributed by atoms with Gasteiger partial charge in [0.15, 0.2) is 12.6 Å². The Bertz CT molecular complexity index is 769. The van der Waals surface area contributed by atoms with Crippen LogP contribution in [0.5, 0.6) is 0 Å². The maximum absolute atomic E-state index is 11.4. The summed E-state index contributed by atoms with van der Waals surface area (Å²) in [6, 6.07) is 0. The number of rotatable bonds is 7. The first kappa shape index (κ1) is 30.8. The highest BCUT2D eigenvalue weighted by molar-refractivity contribution is 5.21. The standard InChI is InChI=1S/C24H42O13/c1-11(25)5-6-24(33)22(2,3)7-12(8-23(24,4)32)36-21-19(31)17(29)16(28)14(37-21)10-35-20-18(30)15(27)13(26)9-34-20/h5-6,11-21,25-33H,7-10H2,1-4H3/b6-5+/t11?,12-,13+,14+,15-,16+,17-,18+,19+,20-,21+,23+,24+/m0/s1. The van der Waals surface area contributed by atoms with Crippen molar-refractivity contribution in [3.8, 4) is 0 Å². The van der Waals surface area contributed by atoms with E-state index in [2.05, 4.69) is 0 Å². The molecule has 2 saturated heterocycles. The monoisotopic (exact) mass is 538 g/mol. The SMILES string of the molecule is CC(O)/C=C/[C@@]1(O)C(C)(C)C[C@H](O[C@@H]2O[C@H](CO[C@@H]3OC[C@@H](O)[C@H](O)[C@H]3O)[C@@H](O)[C@H](O)[C@H]2O)C[C@@]1(C)O. The molecular formula is C24H42O13. The molecule has 1 saturated carbocycles. The van der Waals surface area contributed by atoms with Crippen LogP contribution < -0.4 is 0 Å². The van der Waals surface area contributed by atoms with Crippen molar-refractivity contribution >= 4 is 0 Å². The molecule has 2 heterocycles. The maximum atomic E-state index is 11.4. The highest BCUT2D eigenvalue weighted by atomic mass is 16.7. The molecule has 0 aromatic heterocycles. The number of hydrogen-bond acceptors (Lipinski definition) is 13. The van der Waals surface area contributed by atoms with Crippen molar-refractivity contribution < 1.29 is 64.9 Å². The summed E-state index contributed by atoms with van der Waals surface area (Å²) < 4.78 is 22.2. The Morgan fingerprint density at radius 1 is 0.892 bits per heavy atom. The van der Waals surface area contributed by atoms with Crippen molar-refractivity contribution in [2.75, 3.05) is 13.2 Å². The van der Waals surface area contributed by atoms with E-state index < -0.39 is 90.7 Å². The van der Waals surface area contributed by atoms with Crippen LogP contribution in [0.15, 0.2) is 12.2 Å². The summed E-state index contributed by atoms with van der Waals surface area (Å²) >= 11 is 0. The van der Waals surface area contributed by atoms with Crippen molar-refractivity contribution in [1.82, 2.24) is 0 Å². The second-order valence-electron chi connectivity index (χ2n) is 11.3. The highest BCUT2D eigenvalue weighted by Crippen LogP contribution is 2.51. The normalized spacial score (nSPS) is 49.8. The fourth-order valence-electron chi connectivity index (χ4n) is 5.38. The van der Waals surface area contributed by atoms with Gasteiger partial charge < -0.3 is 64.9 Å². The Morgan fingerprint density at radius 3 is 2.11 bits per heavy atom. The average Bonchev–Trinajstić information content (AvgIpc) is 2.80. The third-order valence-electron chi connectivity index (χ3n) is 7.71. The van der Waals surface area contributed by atoms with Crippen molar-refractivity contribution in [1.29, 1.82) is 0 Å². The molecule has 3 fully saturated rings. The summed E-state index contributed by atoms with van der Waals surface area (Å²) in [5, 5.41) is 92.9. The second-order valence-corrected chi connectivity index (χ2v) is 11.3. The lowest BCUT2D eigenvalue weighted by Crippen LogP contribution is -2.66. The lowest BCUT2D eigenvalue weighted by Gasteiger charge is -2.56. The van der Waals surface area contributed by atoms with Crippen molar-refractivity contribution in [3.05, 3.63) is 12.2 Å². The largest absolute Gasteiger partial charge is 0.389 e. The minimum absolute atomic E-state index is 0.0776. The number of aliphatic hydroxyl groups is 9. The molecule has 9 N–H and O–H groups in total. The van der Waals surface area contributed by atoms with Gasteiger partial charge >= 0.3 is 0 Å². The molecule has 1 unspecified atom stereocenters. The molecule has 37 heavy (non-hydrogen) atoms. The van der Waals surface area contributed by atoms with Gasteiger partial charge in [-0.1, -0.05) is 26.0 Å².